The first kappa shape index (κ1) is 13.1. The van der Waals surface area contributed by atoms with Crippen molar-refractivity contribution < 1.29 is 9.47 Å². The summed E-state index contributed by atoms with van der Waals surface area (Å²) in [5, 5.41) is 0.326. The zero-order valence-corrected chi connectivity index (χ0v) is 10.5. The molecule has 1 aromatic heterocycles. The molecule has 0 unspecified atom stereocenters. The van der Waals surface area contributed by atoms with Gasteiger partial charge in [0.2, 0.25) is 5.88 Å². The number of hydrogen-bond acceptors (Lipinski definition) is 4. The van der Waals surface area contributed by atoms with Crippen molar-refractivity contribution in [1.29, 1.82) is 0 Å². The molecule has 0 saturated carbocycles. The number of ether oxygens (including phenoxy) is 2. The summed E-state index contributed by atoms with van der Waals surface area (Å²) >= 11 is 5.73. The van der Waals surface area contributed by atoms with Gasteiger partial charge >= 0.3 is 0 Å². The van der Waals surface area contributed by atoms with Crippen LogP contribution in [0.5, 0.6) is 5.88 Å². The molecule has 0 aliphatic carbocycles. The molecule has 90 valence electrons. The van der Waals surface area contributed by atoms with Crippen LogP contribution in [0.4, 0.5) is 5.69 Å². The SMILES string of the molecule is CC(C)(C)OCCOc1cc(N)cc(Cl)n1. The second kappa shape index (κ2) is 5.37. The Bertz CT molecular complexity index is 330. The first-order chi connectivity index (χ1) is 7.37. The quantitative estimate of drug-likeness (QED) is 0.653. The number of rotatable bonds is 4. The largest absolute Gasteiger partial charge is 0.475 e. The minimum atomic E-state index is -0.163. The number of nitrogens with two attached hydrogens (primary N) is 1. The topological polar surface area (TPSA) is 57.4 Å². The lowest BCUT2D eigenvalue weighted by atomic mass is 10.2. The first-order valence-corrected chi connectivity index (χ1v) is 5.44. The third kappa shape index (κ3) is 5.19. The van der Waals surface area contributed by atoms with Gasteiger partial charge in [-0.1, -0.05) is 11.6 Å². The van der Waals surface area contributed by atoms with E-state index in [0.29, 0.717) is 29.9 Å². The van der Waals surface area contributed by atoms with E-state index >= 15 is 0 Å². The lowest BCUT2D eigenvalue weighted by molar-refractivity contribution is -0.0168. The van der Waals surface area contributed by atoms with Crippen LogP contribution in [0.25, 0.3) is 0 Å². The maximum absolute atomic E-state index is 5.73. The molecular weight excluding hydrogens is 228 g/mol. The molecule has 0 aliphatic heterocycles. The van der Waals surface area contributed by atoms with Crippen LogP contribution in [-0.4, -0.2) is 23.8 Å². The highest BCUT2D eigenvalue weighted by atomic mass is 35.5. The maximum atomic E-state index is 5.73. The fourth-order valence-corrected chi connectivity index (χ4v) is 1.27. The van der Waals surface area contributed by atoms with Gasteiger partial charge in [0.05, 0.1) is 12.2 Å². The molecule has 16 heavy (non-hydrogen) atoms. The molecule has 0 fully saturated rings. The minimum Gasteiger partial charge on any atom is -0.475 e. The molecule has 1 heterocycles. The third-order valence-corrected chi connectivity index (χ3v) is 1.85. The van der Waals surface area contributed by atoms with E-state index in [0.717, 1.165) is 0 Å². The van der Waals surface area contributed by atoms with E-state index in [1.165, 1.54) is 0 Å². The van der Waals surface area contributed by atoms with E-state index < -0.39 is 0 Å². The normalized spacial score (nSPS) is 11.5. The van der Waals surface area contributed by atoms with E-state index in [1.807, 2.05) is 20.8 Å². The number of nitrogen functional groups attached to an aromatic ring is 1. The summed E-state index contributed by atoms with van der Waals surface area (Å²) in [4.78, 5) is 3.98. The lowest BCUT2D eigenvalue weighted by Crippen LogP contribution is -2.22. The standard InChI is InChI=1S/C11H17ClN2O2/c1-11(2,3)16-5-4-15-10-7-8(13)6-9(12)14-10/h6-7H,4-5H2,1-3H3,(H2,13,14). The van der Waals surface area contributed by atoms with Crippen molar-refractivity contribution in [3.63, 3.8) is 0 Å². The Hall–Kier alpha value is -1.00. The summed E-state index contributed by atoms with van der Waals surface area (Å²) in [6.45, 7) is 6.88. The fourth-order valence-electron chi connectivity index (χ4n) is 1.06. The number of pyridine rings is 1. The van der Waals surface area contributed by atoms with E-state index in [-0.39, 0.29) is 5.60 Å². The van der Waals surface area contributed by atoms with Gasteiger partial charge < -0.3 is 15.2 Å². The van der Waals surface area contributed by atoms with Gasteiger partial charge in [0, 0.05) is 11.8 Å². The Kier molecular flexibility index (Phi) is 4.38. The highest BCUT2D eigenvalue weighted by Gasteiger charge is 2.09. The molecule has 1 aromatic rings. The second-order valence-corrected chi connectivity index (χ2v) is 4.76. The summed E-state index contributed by atoms with van der Waals surface area (Å²) in [6, 6.07) is 3.20. The summed E-state index contributed by atoms with van der Waals surface area (Å²) < 4.78 is 10.9. The number of halogens is 1. The van der Waals surface area contributed by atoms with Gasteiger partial charge in [-0.2, -0.15) is 0 Å². The Morgan fingerprint density at radius 2 is 2.00 bits per heavy atom. The predicted molar refractivity (Wildman–Crippen MR) is 64.9 cm³/mol. The molecule has 5 heteroatoms. The zero-order valence-electron chi connectivity index (χ0n) is 9.79. The predicted octanol–water partition coefficient (Wildman–Crippen LogP) is 2.51. The van der Waals surface area contributed by atoms with Crippen LogP contribution < -0.4 is 10.5 Å². The van der Waals surface area contributed by atoms with Crippen LogP contribution in [0.1, 0.15) is 20.8 Å². The molecule has 2 N–H and O–H groups in total. The van der Waals surface area contributed by atoms with Crippen molar-refractivity contribution in [3.8, 4) is 5.88 Å². The van der Waals surface area contributed by atoms with Gasteiger partial charge in [0.15, 0.2) is 0 Å². The molecule has 0 spiro atoms. The fraction of sp³-hybridized carbons (Fsp3) is 0.545. The molecule has 4 nitrogen and oxygen atoms in total. The lowest BCUT2D eigenvalue weighted by Gasteiger charge is -2.19. The number of hydrogen-bond donors (Lipinski definition) is 1. The van der Waals surface area contributed by atoms with Gasteiger partial charge in [-0.15, -0.1) is 0 Å². The molecular formula is C11H17ClN2O2. The molecule has 0 bridgehead atoms. The van der Waals surface area contributed by atoms with E-state index in [1.54, 1.807) is 12.1 Å². The van der Waals surface area contributed by atoms with Crippen molar-refractivity contribution in [2.45, 2.75) is 26.4 Å². The van der Waals surface area contributed by atoms with E-state index in [2.05, 4.69) is 4.98 Å². The van der Waals surface area contributed by atoms with Crippen LogP contribution in [-0.2, 0) is 4.74 Å². The number of anilines is 1. The molecule has 0 amide bonds. The third-order valence-electron chi connectivity index (χ3n) is 1.66. The van der Waals surface area contributed by atoms with E-state index in [4.69, 9.17) is 26.8 Å². The number of aromatic nitrogens is 1. The molecule has 0 atom stereocenters. The Labute approximate surface area is 101 Å². The van der Waals surface area contributed by atoms with Crippen molar-refractivity contribution in [2.24, 2.45) is 0 Å². The van der Waals surface area contributed by atoms with Gasteiger partial charge in [-0.05, 0) is 26.8 Å². The Morgan fingerprint density at radius 3 is 2.56 bits per heavy atom. The molecule has 0 aromatic carbocycles. The van der Waals surface area contributed by atoms with Crippen LogP contribution in [0, 0.1) is 0 Å². The summed E-state index contributed by atoms with van der Waals surface area (Å²) in [5.41, 5.74) is 5.97. The van der Waals surface area contributed by atoms with Gasteiger partial charge in [0.1, 0.15) is 11.8 Å². The van der Waals surface area contributed by atoms with Gasteiger partial charge in [-0.25, -0.2) is 4.98 Å². The van der Waals surface area contributed by atoms with Crippen molar-refractivity contribution in [2.75, 3.05) is 18.9 Å². The van der Waals surface area contributed by atoms with Gasteiger partial charge in [-0.3, -0.25) is 0 Å². The van der Waals surface area contributed by atoms with E-state index in [9.17, 15) is 0 Å². The molecule has 1 rings (SSSR count). The Balaban J connectivity index is 2.37. The summed E-state index contributed by atoms with van der Waals surface area (Å²) in [6.07, 6.45) is 0. The average Bonchev–Trinajstić information content (AvgIpc) is 2.09. The zero-order chi connectivity index (χ0) is 12.2. The van der Waals surface area contributed by atoms with Crippen molar-refractivity contribution in [1.82, 2.24) is 4.98 Å². The first-order valence-electron chi connectivity index (χ1n) is 5.07. The molecule has 0 saturated heterocycles. The van der Waals surface area contributed by atoms with Crippen LogP contribution in [0.15, 0.2) is 12.1 Å². The average molecular weight is 245 g/mol. The number of nitrogens with zero attached hydrogens (tertiary/aromatic N) is 1. The highest BCUT2D eigenvalue weighted by Crippen LogP contribution is 2.17. The highest BCUT2D eigenvalue weighted by molar-refractivity contribution is 6.29. The second-order valence-electron chi connectivity index (χ2n) is 4.37. The molecule has 0 aliphatic rings. The maximum Gasteiger partial charge on any atom is 0.216 e. The van der Waals surface area contributed by atoms with Crippen molar-refractivity contribution in [3.05, 3.63) is 17.3 Å². The summed E-state index contributed by atoms with van der Waals surface area (Å²) in [7, 11) is 0. The van der Waals surface area contributed by atoms with Crippen molar-refractivity contribution >= 4 is 17.3 Å². The van der Waals surface area contributed by atoms with Crippen LogP contribution in [0.3, 0.4) is 0 Å². The van der Waals surface area contributed by atoms with Gasteiger partial charge in [0.25, 0.3) is 0 Å². The Morgan fingerprint density at radius 1 is 1.31 bits per heavy atom. The summed E-state index contributed by atoms with van der Waals surface area (Å²) in [5.74, 6) is 0.419. The monoisotopic (exact) mass is 244 g/mol. The minimum absolute atomic E-state index is 0.163. The van der Waals surface area contributed by atoms with Crippen LogP contribution in [0.2, 0.25) is 5.15 Å². The molecule has 0 radical (unpaired) electrons. The van der Waals surface area contributed by atoms with Crippen LogP contribution >= 0.6 is 11.6 Å². The smallest absolute Gasteiger partial charge is 0.216 e.